The number of nitrogens with one attached hydrogen (secondary N) is 1. The zero-order valence-electron chi connectivity index (χ0n) is 11.0. The highest BCUT2D eigenvalue weighted by Gasteiger charge is 2.32. The Kier molecular flexibility index (Phi) is 3.06. The molecular weight excluding hydrogens is 256 g/mol. The second-order valence-electron chi connectivity index (χ2n) is 4.77. The Labute approximate surface area is 115 Å². The molecule has 2 amide bonds. The lowest BCUT2D eigenvalue weighted by Crippen LogP contribution is -2.48. The van der Waals surface area contributed by atoms with Crippen LogP contribution in [-0.4, -0.2) is 39.8 Å². The summed E-state index contributed by atoms with van der Waals surface area (Å²) in [4.78, 5) is 33.1. The number of amides is 2. The normalized spacial score (nSPS) is 19.4. The predicted octanol–water partition coefficient (Wildman–Crippen LogP) is 1.19. The molecule has 0 saturated carbocycles. The molecule has 6 nitrogen and oxygen atoms in total. The van der Waals surface area contributed by atoms with Crippen LogP contribution in [0.2, 0.25) is 0 Å². The number of para-hydroxylation sites is 1. The van der Waals surface area contributed by atoms with Crippen LogP contribution < -0.4 is 5.32 Å². The molecule has 1 aliphatic rings. The number of imide groups is 1. The number of benzene rings is 1. The van der Waals surface area contributed by atoms with Gasteiger partial charge in [0.1, 0.15) is 18.2 Å². The number of likely N-dealkylation sites (tertiary alicyclic amines) is 1. The van der Waals surface area contributed by atoms with Gasteiger partial charge in [0.15, 0.2) is 0 Å². The van der Waals surface area contributed by atoms with Gasteiger partial charge in [-0.2, -0.15) is 0 Å². The van der Waals surface area contributed by atoms with Gasteiger partial charge in [-0.05, 0) is 18.6 Å². The third-order valence-electron chi connectivity index (χ3n) is 3.50. The van der Waals surface area contributed by atoms with Crippen LogP contribution in [0.4, 0.5) is 5.82 Å². The summed E-state index contributed by atoms with van der Waals surface area (Å²) in [6.07, 6.45) is 2.32. The summed E-state index contributed by atoms with van der Waals surface area (Å²) >= 11 is 0. The summed E-state index contributed by atoms with van der Waals surface area (Å²) in [5, 5.41) is 3.99. The van der Waals surface area contributed by atoms with Gasteiger partial charge in [-0.1, -0.05) is 12.1 Å². The summed E-state index contributed by atoms with van der Waals surface area (Å²) in [5.74, 6) is 0.265. The van der Waals surface area contributed by atoms with E-state index in [0.717, 1.165) is 10.9 Å². The quantitative estimate of drug-likeness (QED) is 0.830. The second-order valence-corrected chi connectivity index (χ2v) is 4.77. The molecule has 20 heavy (non-hydrogen) atoms. The standard InChI is InChI=1S/C14H14N4O2/c1-18-12(19)7-6-11(14(18)20)17-13-9-4-2-3-5-10(9)15-8-16-13/h2-5,8,11H,6-7H2,1H3,(H,15,16,17). The molecule has 6 heteroatoms. The average molecular weight is 270 g/mol. The summed E-state index contributed by atoms with van der Waals surface area (Å²) < 4.78 is 0. The first kappa shape index (κ1) is 12.5. The second kappa shape index (κ2) is 4.88. The lowest BCUT2D eigenvalue weighted by molar-refractivity contribution is -0.146. The number of aromatic nitrogens is 2. The SMILES string of the molecule is CN1C(=O)CCC(Nc2ncnc3ccccc23)C1=O. The predicted molar refractivity (Wildman–Crippen MR) is 74.0 cm³/mol. The molecule has 1 aromatic heterocycles. The molecule has 3 rings (SSSR count). The number of likely N-dealkylation sites (N-methyl/N-ethyl adjacent to an activating group) is 1. The van der Waals surface area contributed by atoms with Crippen molar-refractivity contribution in [2.45, 2.75) is 18.9 Å². The van der Waals surface area contributed by atoms with Gasteiger partial charge in [-0.3, -0.25) is 14.5 Å². The molecule has 2 aromatic rings. The Morgan fingerprint density at radius 3 is 2.90 bits per heavy atom. The maximum atomic E-state index is 12.1. The molecule has 1 saturated heterocycles. The number of carbonyl (C=O) groups excluding carboxylic acids is 2. The molecule has 1 aliphatic heterocycles. The molecule has 2 heterocycles. The molecule has 1 unspecified atom stereocenters. The first-order chi connectivity index (χ1) is 9.66. The Hall–Kier alpha value is -2.50. The minimum Gasteiger partial charge on any atom is -0.358 e. The van der Waals surface area contributed by atoms with Gasteiger partial charge in [-0.15, -0.1) is 0 Å². The number of carbonyl (C=O) groups is 2. The molecule has 0 bridgehead atoms. The van der Waals surface area contributed by atoms with Crippen molar-refractivity contribution in [3.8, 4) is 0 Å². The topological polar surface area (TPSA) is 75.2 Å². The smallest absolute Gasteiger partial charge is 0.251 e. The maximum Gasteiger partial charge on any atom is 0.251 e. The number of nitrogens with zero attached hydrogens (tertiary/aromatic N) is 3. The van der Waals surface area contributed by atoms with Crippen LogP contribution in [0, 0.1) is 0 Å². The van der Waals surface area contributed by atoms with E-state index in [0.29, 0.717) is 18.7 Å². The first-order valence-electron chi connectivity index (χ1n) is 6.43. The summed E-state index contributed by atoms with van der Waals surface area (Å²) in [6, 6.07) is 7.17. The average Bonchev–Trinajstić information content (AvgIpc) is 2.48. The Balaban J connectivity index is 1.90. The fourth-order valence-electron chi connectivity index (χ4n) is 2.33. The van der Waals surface area contributed by atoms with E-state index in [9.17, 15) is 9.59 Å². The number of fused-ring (bicyclic) bond motifs is 1. The van der Waals surface area contributed by atoms with E-state index >= 15 is 0 Å². The highest BCUT2D eigenvalue weighted by Crippen LogP contribution is 2.22. The molecule has 1 fully saturated rings. The van der Waals surface area contributed by atoms with Crippen molar-refractivity contribution < 1.29 is 9.59 Å². The number of hydrogen-bond acceptors (Lipinski definition) is 5. The van der Waals surface area contributed by atoms with Gasteiger partial charge in [0.05, 0.1) is 5.52 Å². The number of piperidine rings is 1. The fraction of sp³-hybridized carbons (Fsp3) is 0.286. The molecule has 1 N–H and O–H groups in total. The molecule has 0 aliphatic carbocycles. The van der Waals surface area contributed by atoms with Crippen molar-refractivity contribution in [3.63, 3.8) is 0 Å². The van der Waals surface area contributed by atoms with Crippen molar-refractivity contribution >= 4 is 28.5 Å². The summed E-state index contributed by atoms with van der Waals surface area (Å²) in [7, 11) is 1.51. The van der Waals surface area contributed by atoms with E-state index in [-0.39, 0.29) is 11.8 Å². The monoisotopic (exact) mass is 270 g/mol. The number of anilines is 1. The Morgan fingerprint density at radius 2 is 2.05 bits per heavy atom. The minimum atomic E-state index is -0.420. The van der Waals surface area contributed by atoms with E-state index in [2.05, 4.69) is 15.3 Å². The van der Waals surface area contributed by atoms with Crippen molar-refractivity contribution in [3.05, 3.63) is 30.6 Å². The fourth-order valence-corrected chi connectivity index (χ4v) is 2.33. The number of rotatable bonds is 2. The Morgan fingerprint density at radius 1 is 1.25 bits per heavy atom. The molecule has 1 atom stereocenters. The van der Waals surface area contributed by atoms with Gasteiger partial charge in [0.2, 0.25) is 5.91 Å². The summed E-state index contributed by atoms with van der Waals surface area (Å²) in [6.45, 7) is 0. The van der Waals surface area contributed by atoms with Gasteiger partial charge >= 0.3 is 0 Å². The van der Waals surface area contributed by atoms with E-state index in [1.54, 1.807) is 0 Å². The largest absolute Gasteiger partial charge is 0.358 e. The zero-order chi connectivity index (χ0) is 14.1. The molecule has 1 aromatic carbocycles. The highest BCUT2D eigenvalue weighted by molar-refractivity contribution is 6.02. The zero-order valence-corrected chi connectivity index (χ0v) is 11.0. The third kappa shape index (κ3) is 2.09. The van der Waals surface area contributed by atoms with Gasteiger partial charge in [-0.25, -0.2) is 9.97 Å². The molecular formula is C14H14N4O2. The number of hydrogen-bond donors (Lipinski definition) is 1. The van der Waals surface area contributed by atoms with Crippen LogP contribution in [0.3, 0.4) is 0 Å². The maximum absolute atomic E-state index is 12.1. The van der Waals surface area contributed by atoms with E-state index in [4.69, 9.17) is 0 Å². The van der Waals surface area contributed by atoms with Crippen LogP contribution in [0.1, 0.15) is 12.8 Å². The lowest BCUT2D eigenvalue weighted by Gasteiger charge is -2.28. The van der Waals surface area contributed by atoms with E-state index < -0.39 is 6.04 Å². The lowest BCUT2D eigenvalue weighted by atomic mass is 10.0. The molecule has 102 valence electrons. The van der Waals surface area contributed by atoms with Crippen molar-refractivity contribution in [2.75, 3.05) is 12.4 Å². The van der Waals surface area contributed by atoms with Gasteiger partial charge in [0.25, 0.3) is 5.91 Å². The van der Waals surface area contributed by atoms with Gasteiger partial charge < -0.3 is 5.32 Å². The molecule has 0 radical (unpaired) electrons. The van der Waals surface area contributed by atoms with E-state index in [1.807, 2.05) is 24.3 Å². The van der Waals surface area contributed by atoms with Crippen LogP contribution in [0.5, 0.6) is 0 Å². The van der Waals surface area contributed by atoms with Crippen LogP contribution in [0.25, 0.3) is 10.9 Å². The van der Waals surface area contributed by atoms with Crippen molar-refractivity contribution in [1.82, 2.24) is 14.9 Å². The summed E-state index contributed by atoms with van der Waals surface area (Å²) in [5.41, 5.74) is 0.817. The first-order valence-corrected chi connectivity index (χ1v) is 6.43. The third-order valence-corrected chi connectivity index (χ3v) is 3.50. The van der Waals surface area contributed by atoms with E-state index in [1.165, 1.54) is 18.3 Å². The van der Waals surface area contributed by atoms with Crippen molar-refractivity contribution in [1.29, 1.82) is 0 Å². The van der Waals surface area contributed by atoms with Gasteiger partial charge in [0, 0.05) is 18.9 Å². The minimum absolute atomic E-state index is 0.138. The molecule has 0 spiro atoms. The van der Waals surface area contributed by atoms with Crippen LogP contribution >= 0.6 is 0 Å². The van der Waals surface area contributed by atoms with Crippen LogP contribution in [0.15, 0.2) is 30.6 Å². The Bertz CT molecular complexity index is 680. The van der Waals surface area contributed by atoms with Crippen LogP contribution in [-0.2, 0) is 9.59 Å². The van der Waals surface area contributed by atoms with Crippen molar-refractivity contribution in [2.24, 2.45) is 0 Å². The highest BCUT2D eigenvalue weighted by atomic mass is 16.2.